The van der Waals surface area contributed by atoms with Crippen molar-refractivity contribution in [3.63, 3.8) is 0 Å². The monoisotopic (exact) mass is 288 g/mol. The maximum atomic E-state index is 5.83. The maximum absolute atomic E-state index is 5.83. The van der Waals surface area contributed by atoms with Crippen molar-refractivity contribution in [1.29, 1.82) is 0 Å². The lowest BCUT2D eigenvalue weighted by atomic mass is 10.0. The number of alkyl halides is 1. The molecule has 0 saturated carbocycles. The summed E-state index contributed by atoms with van der Waals surface area (Å²) in [4.78, 5) is 0. The van der Waals surface area contributed by atoms with E-state index in [9.17, 15) is 0 Å². The number of hydrogen-bond donors (Lipinski definition) is 0. The van der Waals surface area contributed by atoms with Gasteiger partial charge < -0.3 is 4.74 Å². The minimum atomic E-state index is 0.399. The van der Waals surface area contributed by atoms with E-state index in [0.717, 1.165) is 16.6 Å². The number of aryl methyl sites for hydroxylation is 2. The molecule has 2 rings (SSSR count). The molecule has 2 heteroatoms. The zero-order chi connectivity index (χ0) is 9.42. The van der Waals surface area contributed by atoms with Crippen molar-refractivity contribution in [1.82, 2.24) is 0 Å². The molecule has 0 fully saturated rings. The average molecular weight is 288 g/mol. The van der Waals surface area contributed by atoms with E-state index in [-0.39, 0.29) is 0 Å². The smallest absolute Gasteiger partial charge is 0.126 e. The number of halogens is 1. The van der Waals surface area contributed by atoms with Crippen LogP contribution in [0.1, 0.15) is 16.7 Å². The third-order valence-electron chi connectivity index (χ3n) is 2.40. The van der Waals surface area contributed by atoms with Crippen LogP contribution < -0.4 is 4.74 Å². The molecule has 0 spiro atoms. The zero-order valence-corrected chi connectivity index (χ0v) is 10.1. The van der Waals surface area contributed by atoms with Gasteiger partial charge in [-0.1, -0.05) is 40.3 Å². The van der Waals surface area contributed by atoms with Gasteiger partial charge in [-0.25, -0.2) is 0 Å². The molecule has 1 unspecified atom stereocenters. The molecule has 70 valence electrons. The fourth-order valence-electron chi connectivity index (χ4n) is 1.90. The van der Waals surface area contributed by atoms with Gasteiger partial charge in [0.25, 0.3) is 0 Å². The first-order valence-electron chi connectivity index (χ1n) is 4.53. The average Bonchev–Trinajstić information content (AvgIpc) is 2.47. The molecule has 0 saturated heterocycles. The third-order valence-corrected chi connectivity index (χ3v) is 3.38. The van der Waals surface area contributed by atoms with Crippen LogP contribution >= 0.6 is 22.6 Å². The summed E-state index contributed by atoms with van der Waals surface area (Å²) in [6.45, 7) is 4.27. The summed E-state index contributed by atoms with van der Waals surface area (Å²) in [5.74, 6) is 1.13. The Kier molecular flexibility index (Phi) is 2.49. The van der Waals surface area contributed by atoms with E-state index in [0.29, 0.717) is 6.10 Å². The van der Waals surface area contributed by atoms with Gasteiger partial charge in [0.1, 0.15) is 11.9 Å². The lowest BCUT2D eigenvalue weighted by Crippen LogP contribution is -2.13. The van der Waals surface area contributed by atoms with Gasteiger partial charge in [-0.2, -0.15) is 0 Å². The van der Waals surface area contributed by atoms with Crippen LogP contribution in [0.3, 0.4) is 0 Å². The van der Waals surface area contributed by atoms with Crippen molar-refractivity contribution in [2.75, 3.05) is 4.43 Å². The SMILES string of the molecule is Cc1cc(C)c2c(c1)CC(CI)O2. The summed E-state index contributed by atoms with van der Waals surface area (Å²) in [5.41, 5.74) is 4.01. The Morgan fingerprint density at radius 3 is 2.92 bits per heavy atom. The van der Waals surface area contributed by atoms with Crippen LogP contribution in [0.4, 0.5) is 0 Å². The zero-order valence-electron chi connectivity index (χ0n) is 7.93. The fraction of sp³-hybridized carbons (Fsp3) is 0.455. The molecule has 0 aliphatic carbocycles. The number of rotatable bonds is 1. The van der Waals surface area contributed by atoms with Crippen molar-refractivity contribution < 1.29 is 4.74 Å². The molecule has 0 N–H and O–H groups in total. The summed E-state index contributed by atoms with van der Waals surface area (Å²) in [6, 6.07) is 4.43. The second kappa shape index (κ2) is 3.48. The molecule has 0 radical (unpaired) electrons. The first kappa shape index (κ1) is 9.31. The highest BCUT2D eigenvalue weighted by Crippen LogP contribution is 2.33. The molecule has 1 nitrogen and oxygen atoms in total. The second-order valence-corrected chi connectivity index (χ2v) is 4.55. The Morgan fingerprint density at radius 1 is 1.46 bits per heavy atom. The van der Waals surface area contributed by atoms with Crippen LogP contribution in [0, 0.1) is 13.8 Å². The first-order chi connectivity index (χ1) is 6.20. The fourth-order valence-corrected chi connectivity index (χ4v) is 2.39. The highest BCUT2D eigenvalue weighted by Gasteiger charge is 2.23. The number of hydrogen-bond acceptors (Lipinski definition) is 1. The Morgan fingerprint density at radius 2 is 2.23 bits per heavy atom. The standard InChI is InChI=1S/C11H13IO/c1-7-3-8(2)11-9(4-7)5-10(6-12)13-11/h3-4,10H,5-6H2,1-2H3. The molecule has 0 bridgehead atoms. The van der Waals surface area contributed by atoms with Crippen LogP contribution in [-0.4, -0.2) is 10.5 Å². The predicted octanol–water partition coefficient (Wildman–Crippen LogP) is 3.04. The maximum Gasteiger partial charge on any atom is 0.126 e. The Bertz CT molecular complexity index is 333. The Hall–Kier alpha value is -0.250. The molecule has 1 heterocycles. The van der Waals surface area contributed by atoms with Crippen LogP contribution in [0.15, 0.2) is 12.1 Å². The summed E-state index contributed by atoms with van der Waals surface area (Å²) in [6.07, 6.45) is 1.48. The number of benzene rings is 1. The summed E-state index contributed by atoms with van der Waals surface area (Å²) >= 11 is 2.38. The van der Waals surface area contributed by atoms with E-state index in [4.69, 9.17) is 4.74 Å². The molecule has 0 amide bonds. The normalized spacial score (nSPS) is 19.8. The lowest BCUT2D eigenvalue weighted by molar-refractivity contribution is 0.261. The summed E-state index contributed by atoms with van der Waals surface area (Å²) in [7, 11) is 0. The molecule has 1 aromatic rings. The molecule has 13 heavy (non-hydrogen) atoms. The molecular formula is C11H13IO. The topological polar surface area (TPSA) is 9.23 Å². The van der Waals surface area contributed by atoms with Crippen LogP contribution in [0.5, 0.6) is 5.75 Å². The van der Waals surface area contributed by atoms with Gasteiger partial charge in [-0.05, 0) is 25.0 Å². The largest absolute Gasteiger partial charge is 0.489 e. The van der Waals surface area contributed by atoms with E-state index < -0.39 is 0 Å². The van der Waals surface area contributed by atoms with Gasteiger partial charge in [0.05, 0.1) is 0 Å². The van der Waals surface area contributed by atoms with Gasteiger partial charge in [0.2, 0.25) is 0 Å². The molecule has 1 atom stereocenters. The van der Waals surface area contributed by atoms with Crippen LogP contribution in [-0.2, 0) is 6.42 Å². The lowest BCUT2D eigenvalue weighted by Gasteiger charge is -2.07. The van der Waals surface area contributed by atoms with Crippen molar-refractivity contribution in [3.05, 3.63) is 28.8 Å². The van der Waals surface area contributed by atoms with Crippen molar-refractivity contribution >= 4 is 22.6 Å². The molecule has 1 aromatic carbocycles. The highest BCUT2D eigenvalue weighted by atomic mass is 127. The van der Waals surface area contributed by atoms with Crippen molar-refractivity contribution in [2.24, 2.45) is 0 Å². The number of ether oxygens (including phenoxy) is 1. The van der Waals surface area contributed by atoms with Crippen molar-refractivity contribution in [3.8, 4) is 5.75 Å². The highest BCUT2D eigenvalue weighted by molar-refractivity contribution is 14.1. The summed E-state index contributed by atoms with van der Waals surface area (Å²) in [5, 5.41) is 0. The van der Waals surface area contributed by atoms with Gasteiger partial charge in [-0.15, -0.1) is 0 Å². The van der Waals surface area contributed by atoms with E-state index in [1.165, 1.54) is 16.7 Å². The van der Waals surface area contributed by atoms with E-state index in [1.807, 2.05) is 0 Å². The van der Waals surface area contributed by atoms with Gasteiger partial charge in [0.15, 0.2) is 0 Å². The van der Waals surface area contributed by atoms with Gasteiger partial charge in [-0.3, -0.25) is 0 Å². The molecule has 1 aliphatic rings. The van der Waals surface area contributed by atoms with E-state index in [1.54, 1.807) is 0 Å². The van der Waals surface area contributed by atoms with Crippen LogP contribution in [0.2, 0.25) is 0 Å². The molecular weight excluding hydrogens is 275 g/mol. The Balaban J connectivity index is 2.40. The minimum Gasteiger partial charge on any atom is -0.489 e. The quantitative estimate of drug-likeness (QED) is 0.570. The van der Waals surface area contributed by atoms with Crippen molar-refractivity contribution in [2.45, 2.75) is 26.4 Å². The summed E-state index contributed by atoms with van der Waals surface area (Å²) < 4.78 is 6.91. The Labute approximate surface area is 92.6 Å². The van der Waals surface area contributed by atoms with E-state index >= 15 is 0 Å². The van der Waals surface area contributed by atoms with Gasteiger partial charge in [0, 0.05) is 10.8 Å². The second-order valence-electron chi connectivity index (χ2n) is 3.67. The molecule has 1 aliphatic heterocycles. The first-order valence-corrected chi connectivity index (χ1v) is 6.06. The van der Waals surface area contributed by atoms with Gasteiger partial charge >= 0.3 is 0 Å². The third kappa shape index (κ3) is 1.68. The molecule has 0 aromatic heterocycles. The predicted molar refractivity (Wildman–Crippen MR) is 62.9 cm³/mol. The van der Waals surface area contributed by atoms with Crippen LogP contribution in [0.25, 0.3) is 0 Å². The van der Waals surface area contributed by atoms with E-state index in [2.05, 4.69) is 48.6 Å². The number of fused-ring (bicyclic) bond motifs is 1. The minimum absolute atomic E-state index is 0.399.